The fraction of sp³-hybridized carbons (Fsp3) is 0.190. The summed E-state index contributed by atoms with van der Waals surface area (Å²) in [5.74, 6) is -0.0861. The van der Waals surface area contributed by atoms with E-state index in [0.29, 0.717) is 11.5 Å². The molecule has 1 aromatic heterocycles. The van der Waals surface area contributed by atoms with E-state index in [1.807, 2.05) is 6.07 Å². The Morgan fingerprint density at radius 3 is 2.59 bits per heavy atom. The van der Waals surface area contributed by atoms with Gasteiger partial charge >= 0.3 is 6.01 Å². The minimum absolute atomic E-state index is 0.00725. The summed E-state index contributed by atoms with van der Waals surface area (Å²) in [7, 11) is 0. The fourth-order valence-corrected chi connectivity index (χ4v) is 3.28. The monoisotopic (exact) mass is 390 g/mol. The van der Waals surface area contributed by atoms with Crippen molar-refractivity contribution >= 4 is 23.7 Å². The summed E-state index contributed by atoms with van der Waals surface area (Å²) in [5.41, 5.74) is 4.16. The second-order valence-corrected chi connectivity index (χ2v) is 6.77. The third-order valence-corrected chi connectivity index (χ3v) is 4.78. The lowest BCUT2D eigenvalue weighted by Crippen LogP contribution is -2.07. The van der Waals surface area contributed by atoms with Gasteiger partial charge in [-0.2, -0.15) is 0 Å². The first-order valence-corrected chi connectivity index (χ1v) is 9.28. The maximum absolute atomic E-state index is 12.1. The Morgan fingerprint density at radius 1 is 1.07 bits per heavy atom. The number of anilines is 1. The van der Waals surface area contributed by atoms with Gasteiger partial charge in [0, 0.05) is 23.8 Å². The molecule has 0 fully saturated rings. The highest BCUT2D eigenvalue weighted by Crippen LogP contribution is 2.27. The molecule has 0 saturated heterocycles. The summed E-state index contributed by atoms with van der Waals surface area (Å²) < 4.78 is 5.56. The van der Waals surface area contributed by atoms with E-state index in [4.69, 9.17) is 4.42 Å². The molecule has 0 atom stereocenters. The number of non-ortho nitro benzene ring substituents is 1. The van der Waals surface area contributed by atoms with Crippen LogP contribution in [-0.2, 0) is 17.6 Å². The normalized spacial score (nSPS) is 13.2. The zero-order chi connectivity index (χ0) is 20.2. The van der Waals surface area contributed by atoms with Crippen molar-refractivity contribution in [2.45, 2.75) is 25.7 Å². The van der Waals surface area contributed by atoms with Crippen molar-refractivity contribution in [3.05, 3.63) is 75.3 Å². The van der Waals surface area contributed by atoms with Crippen molar-refractivity contribution in [3.8, 4) is 11.5 Å². The van der Waals surface area contributed by atoms with Crippen LogP contribution in [0.15, 0.2) is 53.0 Å². The second-order valence-electron chi connectivity index (χ2n) is 6.77. The molecule has 1 aliphatic rings. The van der Waals surface area contributed by atoms with Gasteiger partial charge in [0.15, 0.2) is 0 Å². The first kappa shape index (κ1) is 18.5. The van der Waals surface area contributed by atoms with Gasteiger partial charge in [0.05, 0.1) is 4.92 Å². The third kappa shape index (κ3) is 4.37. The number of benzene rings is 2. The molecule has 8 nitrogen and oxygen atoms in total. The maximum Gasteiger partial charge on any atom is 0.322 e. The number of aryl methyl sites for hydroxylation is 2. The summed E-state index contributed by atoms with van der Waals surface area (Å²) in [6, 6.07) is 12.0. The van der Waals surface area contributed by atoms with E-state index < -0.39 is 10.8 Å². The molecule has 29 heavy (non-hydrogen) atoms. The Labute approximate surface area is 166 Å². The topological polar surface area (TPSA) is 111 Å². The molecule has 0 bridgehead atoms. The van der Waals surface area contributed by atoms with Gasteiger partial charge in [-0.3, -0.25) is 20.2 Å². The highest BCUT2D eigenvalue weighted by molar-refractivity contribution is 6.00. The van der Waals surface area contributed by atoms with Crippen LogP contribution in [-0.4, -0.2) is 21.0 Å². The number of aromatic nitrogens is 2. The molecule has 1 amide bonds. The van der Waals surface area contributed by atoms with Crippen LogP contribution in [0.2, 0.25) is 0 Å². The van der Waals surface area contributed by atoms with E-state index in [0.717, 1.165) is 18.4 Å². The van der Waals surface area contributed by atoms with Crippen molar-refractivity contribution < 1.29 is 14.1 Å². The molecule has 3 aromatic rings. The van der Waals surface area contributed by atoms with Gasteiger partial charge < -0.3 is 4.42 Å². The summed E-state index contributed by atoms with van der Waals surface area (Å²) in [4.78, 5) is 22.2. The van der Waals surface area contributed by atoms with Crippen LogP contribution in [0.3, 0.4) is 0 Å². The van der Waals surface area contributed by atoms with E-state index in [1.165, 1.54) is 42.2 Å². The molecule has 0 aliphatic heterocycles. The van der Waals surface area contributed by atoms with Gasteiger partial charge in [-0.15, -0.1) is 5.10 Å². The van der Waals surface area contributed by atoms with Gasteiger partial charge in [0.1, 0.15) is 0 Å². The number of carbonyl (C=O) groups excluding carboxylic acids is 1. The maximum atomic E-state index is 12.1. The van der Waals surface area contributed by atoms with Crippen LogP contribution in [0.1, 0.15) is 29.5 Å². The number of amides is 1. The molecule has 1 heterocycles. The molecule has 1 aliphatic carbocycles. The zero-order valence-corrected chi connectivity index (χ0v) is 15.5. The minimum Gasteiger partial charge on any atom is -0.403 e. The van der Waals surface area contributed by atoms with Gasteiger partial charge in [-0.25, -0.2) is 0 Å². The summed E-state index contributed by atoms with van der Waals surface area (Å²) in [5, 5.41) is 21.1. The number of carbonyl (C=O) groups is 1. The SMILES string of the molecule is O=C(C=Cc1ccc([N+](=O)[O-])cc1)Nc1nnc(-c2ccc3c(c2)CCCC3)o1. The predicted molar refractivity (Wildman–Crippen MR) is 107 cm³/mol. The number of hydrogen-bond acceptors (Lipinski definition) is 6. The second kappa shape index (κ2) is 8.05. The number of hydrogen-bond donors (Lipinski definition) is 1. The highest BCUT2D eigenvalue weighted by Gasteiger charge is 2.14. The number of nitro benzene ring substituents is 1. The van der Waals surface area contributed by atoms with Crippen LogP contribution < -0.4 is 5.32 Å². The van der Waals surface area contributed by atoms with Crippen molar-refractivity contribution in [2.75, 3.05) is 5.32 Å². The lowest BCUT2D eigenvalue weighted by atomic mass is 9.90. The lowest BCUT2D eigenvalue weighted by Gasteiger charge is -2.15. The molecule has 0 spiro atoms. The Bertz CT molecular complexity index is 1090. The van der Waals surface area contributed by atoms with Crippen LogP contribution in [0.4, 0.5) is 11.7 Å². The van der Waals surface area contributed by atoms with Crippen molar-refractivity contribution in [2.24, 2.45) is 0 Å². The quantitative estimate of drug-likeness (QED) is 0.397. The molecule has 0 radical (unpaired) electrons. The molecule has 0 saturated carbocycles. The van der Waals surface area contributed by atoms with Crippen molar-refractivity contribution in [1.29, 1.82) is 0 Å². The fourth-order valence-electron chi connectivity index (χ4n) is 3.28. The lowest BCUT2D eigenvalue weighted by molar-refractivity contribution is -0.384. The molecule has 146 valence electrons. The largest absolute Gasteiger partial charge is 0.403 e. The van der Waals surface area contributed by atoms with Crippen LogP contribution in [0, 0.1) is 10.1 Å². The smallest absolute Gasteiger partial charge is 0.322 e. The zero-order valence-electron chi connectivity index (χ0n) is 15.5. The minimum atomic E-state index is -0.476. The molecule has 0 unspecified atom stereocenters. The summed E-state index contributed by atoms with van der Waals surface area (Å²) in [6.45, 7) is 0. The highest BCUT2D eigenvalue weighted by atomic mass is 16.6. The number of fused-ring (bicyclic) bond motifs is 1. The summed E-state index contributed by atoms with van der Waals surface area (Å²) >= 11 is 0. The molecular formula is C21H18N4O4. The molecule has 2 aromatic carbocycles. The third-order valence-electron chi connectivity index (χ3n) is 4.78. The average molecular weight is 390 g/mol. The molecular weight excluding hydrogens is 372 g/mol. The van der Waals surface area contributed by atoms with Gasteiger partial charge in [-0.1, -0.05) is 11.2 Å². The van der Waals surface area contributed by atoms with E-state index in [-0.39, 0.29) is 11.7 Å². The number of nitrogens with one attached hydrogen (secondary N) is 1. The predicted octanol–water partition coefficient (Wildman–Crippen LogP) is 4.18. The molecule has 8 heteroatoms. The molecule has 4 rings (SSSR count). The first-order chi connectivity index (χ1) is 14.1. The Hall–Kier alpha value is -3.81. The van der Waals surface area contributed by atoms with E-state index in [1.54, 1.807) is 18.2 Å². The van der Waals surface area contributed by atoms with Crippen molar-refractivity contribution in [1.82, 2.24) is 10.2 Å². The summed E-state index contributed by atoms with van der Waals surface area (Å²) in [6.07, 6.45) is 7.39. The number of rotatable bonds is 5. The Morgan fingerprint density at radius 2 is 1.83 bits per heavy atom. The Kier molecular flexibility index (Phi) is 5.15. The first-order valence-electron chi connectivity index (χ1n) is 9.28. The van der Waals surface area contributed by atoms with Crippen LogP contribution >= 0.6 is 0 Å². The van der Waals surface area contributed by atoms with Crippen molar-refractivity contribution in [3.63, 3.8) is 0 Å². The van der Waals surface area contributed by atoms with Gasteiger partial charge in [-0.05, 0) is 72.7 Å². The van der Waals surface area contributed by atoms with Gasteiger partial charge in [0.25, 0.3) is 11.6 Å². The van der Waals surface area contributed by atoms with E-state index >= 15 is 0 Å². The Balaban J connectivity index is 1.41. The number of nitrogens with zero attached hydrogens (tertiary/aromatic N) is 3. The van der Waals surface area contributed by atoms with Crippen LogP contribution in [0.5, 0.6) is 0 Å². The van der Waals surface area contributed by atoms with Gasteiger partial charge in [0.2, 0.25) is 5.89 Å². The molecule has 1 N–H and O–H groups in total. The number of nitro groups is 1. The van der Waals surface area contributed by atoms with E-state index in [2.05, 4.69) is 27.6 Å². The van der Waals surface area contributed by atoms with E-state index in [9.17, 15) is 14.9 Å². The average Bonchev–Trinajstić information content (AvgIpc) is 3.20. The van der Waals surface area contributed by atoms with Crippen LogP contribution in [0.25, 0.3) is 17.5 Å². The standard InChI is InChI=1S/C21H18N4O4/c26-19(12-7-14-5-10-18(11-6-14)25(27)28)22-21-24-23-20(29-21)17-9-8-15-3-1-2-4-16(15)13-17/h5-13H,1-4H2,(H,22,24,26).